The molecule has 2 aliphatic rings. The Morgan fingerprint density at radius 2 is 2.08 bits per heavy atom. The van der Waals surface area contributed by atoms with Crippen LogP contribution in [-0.4, -0.2) is 43.0 Å². The maximum Gasteiger partial charge on any atom is 0.486 e. The lowest BCUT2D eigenvalue weighted by Crippen LogP contribution is -2.45. The number of nitrogens with zero attached hydrogens (tertiary/aromatic N) is 1. The Balaban J connectivity index is 1.55. The molecule has 24 heavy (non-hydrogen) atoms. The number of halogens is 1. The van der Waals surface area contributed by atoms with Crippen molar-refractivity contribution in [2.45, 2.75) is 58.0 Å². The minimum absolute atomic E-state index is 0.152. The van der Waals surface area contributed by atoms with Crippen molar-refractivity contribution < 1.29 is 13.7 Å². The van der Waals surface area contributed by atoms with E-state index in [1.807, 2.05) is 12.1 Å². The number of hydrogen-bond acceptors (Lipinski definition) is 3. The van der Waals surface area contributed by atoms with E-state index in [1.54, 1.807) is 0 Å². The molecule has 3 nitrogen and oxygen atoms in total. The van der Waals surface area contributed by atoms with E-state index in [0.29, 0.717) is 13.0 Å². The minimum atomic E-state index is -0.658. The van der Waals surface area contributed by atoms with Gasteiger partial charge in [0.25, 0.3) is 0 Å². The second-order valence-electron chi connectivity index (χ2n) is 7.62. The fraction of sp³-hybridized carbons (Fsp3) is 0.579. The van der Waals surface area contributed by atoms with Gasteiger partial charge in [-0.15, -0.1) is 0 Å². The fourth-order valence-electron chi connectivity index (χ4n) is 3.56. The Kier molecular flexibility index (Phi) is 5.43. The molecule has 1 aromatic carbocycles. The van der Waals surface area contributed by atoms with Crippen LogP contribution in [-0.2, 0) is 15.9 Å². The molecule has 2 fully saturated rings. The third kappa shape index (κ3) is 4.92. The Morgan fingerprint density at radius 3 is 2.71 bits per heavy atom. The molecule has 130 valence electrons. The maximum absolute atomic E-state index is 13.2. The lowest BCUT2D eigenvalue weighted by molar-refractivity contribution is -0.0235. The summed E-state index contributed by atoms with van der Waals surface area (Å²) < 4.78 is 25.0. The molecular formula is C19H27BFNO2. The van der Waals surface area contributed by atoms with Gasteiger partial charge in [-0.25, -0.2) is 4.39 Å². The van der Waals surface area contributed by atoms with Gasteiger partial charge in [0, 0.05) is 25.7 Å². The van der Waals surface area contributed by atoms with Gasteiger partial charge in [-0.05, 0) is 44.7 Å². The Morgan fingerprint density at radius 1 is 1.33 bits per heavy atom. The predicted molar refractivity (Wildman–Crippen MR) is 96.3 cm³/mol. The molecule has 0 radical (unpaired) electrons. The fourth-order valence-corrected chi connectivity index (χ4v) is 3.56. The zero-order chi connectivity index (χ0) is 17.2. The van der Waals surface area contributed by atoms with Crippen LogP contribution < -0.4 is 0 Å². The van der Waals surface area contributed by atoms with Crippen LogP contribution in [0.5, 0.6) is 0 Å². The van der Waals surface area contributed by atoms with Crippen molar-refractivity contribution in [3.8, 4) is 0 Å². The Bertz CT molecular complexity index is 575. The average Bonchev–Trinajstić information content (AvgIpc) is 2.90. The highest BCUT2D eigenvalue weighted by Crippen LogP contribution is 2.26. The van der Waals surface area contributed by atoms with Crippen molar-refractivity contribution in [1.29, 1.82) is 0 Å². The van der Waals surface area contributed by atoms with E-state index in [0.717, 1.165) is 25.1 Å². The molecule has 2 atom stereocenters. The number of alkyl halides is 1. The van der Waals surface area contributed by atoms with Gasteiger partial charge in [0.1, 0.15) is 6.17 Å². The molecule has 0 saturated carbocycles. The number of likely N-dealkylation sites (tertiary alicyclic amines) is 1. The molecule has 0 aromatic heterocycles. The van der Waals surface area contributed by atoms with Gasteiger partial charge in [-0.3, -0.25) is 4.90 Å². The second-order valence-corrected chi connectivity index (χ2v) is 7.62. The lowest BCUT2D eigenvalue weighted by Gasteiger charge is -2.37. The highest BCUT2D eigenvalue weighted by Gasteiger charge is 2.35. The summed E-state index contributed by atoms with van der Waals surface area (Å²) in [5.41, 5.74) is 2.19. The zero-order valence-corrected chi connectivity index (χ0v) is 14.9. The van der Waals surface area contributed by atoms with E-state index < -0.39 is 6.17 Å². The van der Waals surface area contributed by atoms with Gasteiger partial charge >= 0.3 is 7.12 Å². The first-order chi connectivity index (χ1) is 11.4. The Hall–Kier alpha value is -1.17. The molecule has 3 rings (SSSR count). The van der Waals surface area contributed by atoms with Gasteiger partial charge < -0.3 is 9.31 Å². The largest absolute Gasteiger partial charge is 0.486 e. The normalized spacial score (nSPS) is 27.9. The van der Waals surface area contributed by atoms with Crippen LogP contribution in [0.1, 0.15) is 44.7 Å². The van der Waals surface area contributed by atoms with E-state index in [1.165, 1.54) is 5.56 Å². The molecule has 5 heteroatoms. The zero-order valence-electron chi connectivity index (χ0n) is 14.9. The molecule has 2 aliphatic heterocycles. The van der Waals surface area contributed by atoms with E-state index in [-0.39, 0.29) is 18.8 Å². The van der Waals surface area contributed by atoms with E-state index in [4.69, 9.17) is 9.31 Å². The maximum atomic E-state index is 13.2. The van der Waals surface area contributed by atoms with Crippen LogP contribution in [0.25, 0.3) is 6.08 Å². The van der Waals surface area contributed by atoms with Crippen LogP contribution >= 0.6 is 0 Å². The van der Waals surface area contributed by atoms with Gasteiger partial charge in [-0.1, -0.05) is 36.3 Å². The lowest BCUT2D eigenvalue weighted by atomic mass is 9.82. The van der Waals surface area contributed by atoms with Crippen LogP contribution in [0.15, 0.2) is 30.2 Å². The van der Waals surface area contributed by atoms with Crippen LogP contribution in [0.2, 0.25) is 0 Å². The van der Waals surface area contributed by atoms with Crippen molar-refractivity contribution >= 4 is 13.2 Å². The van der Waals surface area contributed by atoms with E-state index >= 15 is 0 Å². The number of hydrogen-bond donors (Lipinski definition) is 0. The van der Waals surface area contributed by atoms with Crippen molar-refractivity contribution in [2.24, 2.45) is 0 Å². The van der Waals surface area contributed by atoms with Gasteiger partial charge in [-0.2, -0.15) is 0 Å². The third-order valence-electron chi connectivity index (χ3n) is 4.63. The second kappa shape index (κ2) is 7.38. The van der Waals surface area contributed by atoms with Crippen LogP contribution in [0.4, 0.5) is 4.39 Å². The first-order valence-electron chi connectivity index (χ1n) is 8.86. The van der Waals surface area contributed by atoms with Gasteiger partial charge in [0.2, 0.25) is 0 Å². The van der Waals surface area contributed by atoms with Crippen molar-refractivity contribution in [1.82, 2.24) is 4.90 Å². The summed E-state index contributed by atoms with van der Waals surface area (Å²) in [6.07, 6.45) is 3.15. The first-order valence-corrected chi connectivity index (χ1v) is 8.86. The molecule has 2 saturated heterocycles. The van der Waals surface area contributed by atoms with Crippen molar-refractivity contribution in [3.05, 3.63) is 41.4 Å². The summed E-state index contributed by atoms with van der Waals surface area (Å²) in [5.74, 6) is 1.97. The predicted octanol–water partition coefficient (Wildman–Crippen LogP) is 3.88. The van der Waals surface area contributed by atoms with Gasteiger partial charge in [0.05, 0.1) is 5.60 Å². The number of benzene rings is 1. The summed E-state index contributed by atoms with van der Waals surface area (Å²) in [6, 6.07) is 8.40. The van der Waals surface area contributed by atoms with Gasteiger partial charge in [0.15, 0.2) is 0 Å². The summed E-state index contributed by atoms with van der Waals surface area (Å²) in [7, 11) is -0.297. The summed E-state index contributed by atoms with van der Waals surface area (Å²) in [6.45, 7) is 8.52. The molecule has 0 aliphatic carbocycles. The molecular weight excluding hydrogens is 304 g/mol. The van der Waals surface area contributed by atoms with E-state index in [2.05, 4.69) is 49.9 Å². The third-order valence-corrected chi connectivity index (χ3v) is 4.63. The smallest absolute Gasteiger partial charge is 0.405 e. The molecule has 0 spiro atoms. The minimum Gasteiger partial charge on any atom is -0.405 e. The average molecular weight is 331 g/mol. The quantitative estimate of drug-likeness (QED) is 0.782. The van der Waals surface area contributed by atoms with E-state index in [9.17, 15) is 4.39 Å². The van der Waals surface area contributed by atoms with Crippen LogP contribution in [0.3, 0.4) is 0 Å². The molecule has 1 unspecified atom stereocenters. The Labute approximate surface area is 145 Å². The SMILES string of the molecule is CC1CC(C)(C)OB(C=Cc2ccc(CN3CC[C@@H](F)C3)cc2)O1. The molecule has 2 heterocycles. The summed E-state index contributed by atoms with van der Waals surface area (Å²) in [4.78, 5) is 2.17. The first kappa shape index (κ1) is 17.7. The topological polar surface area (TPSA) is 21.7 Å². The number of rotatable bonds is 4. The van der Waals surface area contributed by atoms with Crippen molar-refractivity contribution in [2.75, 3.05) is 13.1 Å². The van der Waals surface area contributed by atoms with Crippen molar-refractivity contribution in [3.63, 3.8) is 0 Å². The molecule has 0 N–H and O–H groups in total. The summed E-state index contributed by atoms with van der Waals surface area (Å²) >= 11 is 0. The molecule has 0 bridgehead atoms. The highest BCUT2D eigenvalue weighted by atomic mass is 19.1. The highest BCUT2D eigenvalue weighted by molar-refractivity contribution is 6.52. The summed E-state index contributed by atoms with van der Waals surface area (Å²) in [5, 5.41) is 0. The molecule has 0 amide bonds. The molecule has 1 aromatic rings. The van der Waals surface area contributed by atoms with Crippen LogP contribution in [0, 0.1) is 0 Å². The monoisotopic (exact) mass is 331 g/mol. The standard InChI is InChI=1S/C19H27BFNO2/c1-15-12-19(2,3)24-20(23-15)10-8-16-4-6-17(7-5-16)13-22-11-9-18(21)14-22/h4-8,10,15,18H,9,11-14H2,1-3H3/t15?,18-/m1/s1.